The molecule has 4 atom stereocenters. The highest BCUT2D eigenvalue weighted by molar-refractivity contribution is 4.94. The summed E-state index contributed by atoms with van der Waals surface area (Å²) in [7, 11) is 1.47. The van der Waals surface area contributed by atoms with Gasteiger partial charge in [-0.3, -0.25) is 4.90 Å². The van der Waals surface area contributed by atoms with Crippen molar-refractivity contribution in [2.24, 2.45) is 0 Å². The largest absolute Gasteiger partial charge is 0.395 e. The van der Waals surface area contributed by atoms with E-state index in [1.54, 1.807) is 0 Å². The summed E-state index contributed by atoms with van der Waals surface area (Å²) in [5.41, 5.74) is 0. The molecule has 0 aliphatic carbocycles. The zero-order valence-electron chi connectivity index (χ0n) is 14.0. The number of β-amino-alcohol motifs (C(OH)–C–C–N with tert-alkyl or cyclic N) is 1. The molecule has 6 nitrogen and oxygen atoms in total. The molecule has 4 unspecified atom stereocenters. The molecule has 1 aliphatic heterocycles. The molecule has 6 heteroatoms. The van der Waals surface area contributed by atoms with Crippen LogP contribution in [0.15, 0.2) is 0 Å². The van der Waals surface area contributed by atoms with Crippen molar-refractivity contribution in [3.8, 4) is 0 Å². The van der Waals surface area contributed by atoms with Gasteiger partial charge in [-0.1, -0.05) is 19.8 Å². The number of hydrogen-bond donors (Lipinski definition) is 3. The summed E-state index contributed by atoms with van der Waals surface area (Å²) in [6.07, 6.45) is 3.12. The van der Waals surface area contributed by atoms with Gasteiger partial charge in [-0.15, -0.1) is 0 Å². The first kappa shape index (κ1) is 19.8. The van der Waals surface area contributed by atoms with Crippen molar-refractivity contribution < 1.29 is 24.8 Å². The molecular weight excluding hydrogens is 286 g/mol. The summed E-state index contributed by atoms with van der Waals surface area (Å²) in [4.78, 5) is 1.97. The Bertz CT molecular complexity index is 279. The third kappa shape index (κ3) is 6.10. The molecule has 3 N–H and O–H groups in total. The Morgan fingerprint density at radius 2 is 1.82 bits per heavy atom. The lowest BCUT2D eigenvalue weighted by atomic mass is 9.93. The summed E-state index contributed by atoms with van der Waals surface area (Å²) in [5, 5.41) is 29.7. The predicted molar refractivity (Wildman–Crippen MR) is 84.8 cm³/mol. The van der Waals surface area contributed by atoms with Crippen LogP contribution in [-0.4, -0.2) is 84.6 Å². The Balaban J connectivity index is 2.23. The fraction of sp³-hybridized carbons (Fsp3) is 1.00. The first-order chi connectivity index (χ1) is 10.7. The van der Waals surface area contributed by atoms with E-state index in [0.29, 0.717) is 6.54 Å². The van der Waals surface area contributed by atoms with Crippen molar-refractivity contribution in [1.29, 1.82) is 0 Å². The van der Waals surface area contributed by atoms with E-state index in [4.69, 9.17) is 9.47 Å². The van der Waals surface area contributed by atoms with Crippen LogP contribution in [0, 0.1) is 0 Å². The summed E-state index contributed by atoms with van der Waals surface area (Å²) < 4.78 is 10.6. The molecule has 1 saturated heterocycles. The van der Waals surface area contributed by atoms with Crippen LogP contribution in [0.25, 0.3) is 0 Å². The number of unbranched alkanes of at least 4 members (excludes halogenated alkanes) is 3. The number of methoxy groups -OCH3 is 1. The molecule has 0 aromatic heterocycles. The van der Waals surface area contributed by atoms with E-state index in [0.717, 1.165) is 51.9 Å². The molecule has 0 bridgehead atoms. The fourth-order valence-electron chi connectivity index (χ4n) is 3.04. The molecule has 0 aromatic rings. The van der Waals surface area contributed by atoms with Crippen LogP contribution >= 0.6 is 0 Å². The number of rotatable bonds is 11. The summed E-state index contributed by atoms with van der Waals surface area (Å²) in [5.74, 6) is 0. The third-order valence-electron chi connectivity index (χ3n) is 4.29. The van der Waals surface area contributed by atoms with Gasteiger partial charge in [0.2, 0.25) is 0 Å². The molecule has 0 radical (unpaired) electrons. The van der Waals surface area contributed by atoms with Crippen LogP contribution < -0.4 is 0 Å². The molecule has 0 saturated carbocycles. The lowest BCUT2D eigenvalue weighted by molar-refractivity contribution is -0.157. The van der Waals surface area contributed by atoms with Gasteiger partial charge in [0.15, 0.2) is 0 Å². The number of nitrogens with zero attached hydrogens (tertiary/aromatic N) is 1. The SMILES string of the molecule is CCCOCCCCCCN1CC(O)C(OC)C(O)C1CO. The van der Waals surface area contributed by atoms with Gasteiger partial charge in [0.25, 0.3) is 0 Å². The van der Waals surface area contributed by atoms with Crippen molar-refractivity contribution in [2.75, 3.05) is 40.0 Å². The van der Waals surface area contributed by atoms with Gasteiger partial charge in [0, 0.05) is 26.9 Å². The average molecular weight is 319 g/mol. The van der Waals surface area contributed by atoms with E-state index in [-0.39, 0.29) is 12.6 Å². The van der Waals surface area contributed by atoms with Crippen molar-refractivity contribution >= 4 is 0 Å². The molecule has 1 fully saturated rings. The van der Waals surface area contributed by atoms with E-state index in [1.165, 1.54) is 7.11 Å². The van der Waals surface area contributed by atoms with Crippen molar-refractivity contribution in [3.05, 3.63) is 0 Å². The normalized spacial score (nSPS) is 29.9. The number of ether oxygens (including phenoxy) is 2. The highest BCUT2D eigenvalue weighted by Gasteiger charge is 2.41. The molecule has 22 heavy (non-hydrogen) atoms. The molecule has 0 aromatic carbocycles. The Morgan fingerprint density at radius 3 is 2.45 bits per heavy atom. The van der Waals surface area contributed by atoms with Gasteiger partial charge in [-0.05, 0) is 25.8 Å². The maximum atomic E-state index is 10.2. The van der Waals surface area contributed by atoms with Gasteiger partial charge in [0.1, 0.15) is 12.2 Å². The fourth-order valence-corrected chi connectivity index (χ4v) is 3.04. The lowest BCUT2D eigenvalue weighted by Gasteiger charge is -2.44. The minimum absolute atomic E-state index is 0.126. The molecule has 0 spiro atoms. The van der Waals surface area contributed by atoms with Crippen LogP contribution in [0.4, 0.5) is 0 Å². The number of hydrogen-bond acceptors (Lipinski definition) is 6. The summed E-state index contributed by atoms with van der Waals surface area (Å²) in [6.45, 7) is 4.84. The Morgan fingerprint density at radius 1 is 1.09 bits per heavy atom. The molecular formula is C16H33NO5. The zero-order chi connectivity index (χ0) is 16.4. The number of likely N-dealkylation sites (tertiary alicyclic amines) is 1. The van der Waals surface area contributed by atoms with Gasteiger partial charge in [0.05, 0.1) is 18.8 Å². The monoisotopic (exact) mass is 319 g/mol. The number of aliphatic hydroxyl groups excluding tert-OH is 3. The van der Waals surface area contributed by atoms with Gasteiger partial charge in [-0.2, -0.15) is 0 Å². The second-order valence-electron chi connectivity index (χ2n) is 6.03. The predicted octanol–water partition coefficient (Wildman–Crippen LogP) is 0.387. The highest BCUT2D eigenvalue weighted by atomic mass is 16.5. The van der Waals surface area contributed by atoms with Gasteiger partial charge >= 0.3 is 0 Å². The van der Waals surface area contributed by atoms with E-state index >= 15 is 0 Å². The Labute approximate surface area is 134 Å². The van der Waals surface area contributed by atoms with Crippen LogP contribution in [0.3, 0.4) is 0 Å². The van der Waals surface area contributed by atoms with Crippen LogP contribution in [-0.2, 0) is 9.47 Å². The van der Waals surface area contributed by atoms with Gasteiger partial charge < -0.3 is 24.8 Å². The zero-order valence-corrected chi connectivity index (χ0v) is 14.0. The third-order valence-corrected chi connectivity index (χ3v) is 4.29. The maximum Gasteiger partial charge on any atom is 0.112 e. The molecule has 0 amide bonds. The van der Waals surface area contributed by atoms with Gasteiger partial charge in [-0.25, -0.2) is 0 Å². The lowest BCUT2D eigenvalue weighted by Crippen LogP contribution is -2.63. The van der Waals surface area contributed by atoms with Crippen LogP contribution in [0.5, 0.6) is 0 Å². The summed E-state index contributed by atoms with van der Waals surface area (Å²) in [6, 6.07) is -0.360. The first-order valence-corrected chi connectivity index (χ1v) is 8.47. The standard InChI is InChI=1S/C16H33NO5/c1-3-9-22-10-7-5-4-6-8-17-11-14(19)16(21-2)15(20)13(17)12-18/h13-16,18-20H,3-12H2,1-2H3. The number of piperidine rings is 1. The van der Waals surface area contributed by atoms with Crippen LogP contribution in [0.2, 0.25) is 0 Å². The molecule has 1 heterocycles. The quantitative estimate of drug-likeness (QED) is 0.478. The van der Waals surface area contributed by atoms with E-state index in [9.17, 15) is 15.3 Å². The van der Waals surface area contributed by atoms with E-state index in [1.807, 2.05) is 4.90 Å². The first-order valence-electron chi connectivity index (χ1n) is 8.47. The molecule has 1 rings (SSSR count). The molecule has 1 aliphatic rings. The highest BCUT2D eigenvalue weighted by Crippen LogP contribution is 2.21. The number of aliphatic hydroxyl groups is 3. The maximum absolute atomic E-state index is 10.2. The second kappa shape index (κ2) is 11.3. The second-order valence-corrected chi connectivity index (χ2v) is 6.03. The van der Waals surface area contributed by atoms with Crippen molar-refractivity contribution in [2.45, 2.75) is 63.4 Å². The summed E-state index contributed by atoms with van der Waals surface area (Å²) >= 11 is 0. The van der Waals surface area contributed by atoms with E-state index < -0.39 is 18.3 Å². The Kier molecular flexibility index (Phi) is 10.2. The van der Waals surface area contributed by atoms with Crippen molar-refractivity contribution in [3.63, 3.8) is 0 Å². The minimum atomic E-state index is -0.860. The van der Waals surface area contributed by atoms with Crippen molar-refractivity contribution in [1.82, 2.24) is 4.90 Å². The minimum Gasteiger partial charge on any atom is -0.395 e. The molecule has 132 valence electrons. The van der Waals surface area contributed by atoms with E-state index in [2.05, 4.69) is 6.92 Å². The average Bonchev–Trinajstić information content (AvgIpc) is 2.50. The van der Waals surface area contributed by atoms with Crippen LogP contribution in [0.1, 0.15) is 39.0 Å². The topological polar surface area (TPSA) is 82.4 Å². The Hall–Kier alpha value is -0.240. The smallest absolute Gasteiger partial charge is 0.112 e.